The Morgan fingerprint density at radius 2 is 1.46 bits per heavy atom. The van der Waals surface area contributed by atoms with Crippen molar-refractivity contribution in [3.05, 3.63) is 90.8 Å². The first-order valence-electron chi connectivity index (χ1n) is 13.0. The first kappa shape index (κ1) is 29.0. The van der Waals surface area contributed by atoms with Gasteiger partial charge in [-0.2, -0.15) is 4.31 Å². The number of amides is 1. The monoisotopic (exact) mass is 611 g/mol. The van der Waals surface area contributed by atoms with Gasteiger partial charge in [0.1, 0.15) is 5.75 Å². The van der Waals surface area contributed by atoms with Crippen LogP contribution in [-0.2, 0) is 30.4 Å². The van der Waals surface area contributed by atoms with Crippen LogP contribution in [0.5, 0.6) is 0 Å². The SMILES string of the molecule is CC(Sc1nnc(CS(=O)(=O)c2ccccc2)n1-c1ccccc1)C(=O)Nc1ccc(S(=O)(=O)N2CCCC2)cc1. The maximum Gasteiger partial charge on any atom is 0.243 e. The van der Waals surface area contributed by atoms with Crippen LogP contribution in [0.1, 0.15) is 25.6 Å². The number of sulfonamides is 1. The molecule has 13 heteroatoms. The molecule has 0 spiro atoms. The number of hydrogen-bond donors (Lipinski definition) is 1. The Bertz CT molecular complexity index is 1720. The highest BCUT2D eigenvalue weighted by atomic mass is 32.2. The van der Waals surface area contributed by atoms with Gasteiger partial charge in [0.05, 0.1) is 15.0 Å². The third-order valence-electron chi connectivity index (χ3n) is 6.61. The number of thioether (sulfide) groups is 1. The van der Waals surface area contributed by atoms with Crippen LogP contribution in [-0.4, -0.2) is 60.2 Å². The molecule has 3 aromatic carbocycles. The Balaban J connectivity index is 1.33. The molecule has 4 aromatic rings. The fourth-order valence-electron chi connectivity index (χ4n) is 4.43. The average molecular weight is 612 g/mol. The van der Waals surface area contributed by atoms with E-state index in [1.807, 2.05) is 30.3 Å². The summed E-state index contributed by atoms with van der Waals surface area (Å²) in [5, 5.41) is 11.0. The largest absolute Gasteiger partial charge is 0.325 e. The lowest BCUT2D eigenvalue weighted by atomic mass is 10.3. The van der Waals surface area contributed by atoms with Gasteiger partial charge in [-0.15, -0.1) is 10.2 Å². The second-order valence-electron chi connectivity index (χ2n) is 9.53. The lowest BCUT2D eigenvalue weighted by Crippen LogP contribution is -2.27. The molecule has 1 atom stereocenters. The lowest BCUT2D eigenvalue weighted by Gasteiger charge is -2.16. The van der Waals surface area contributed by atoms with Crippen molar-refractivity contribution in [1.29, 1.82) is 0 Å². The summed E-state index contributed by atoms with van der Waals surface area (Å²) in [5.74, 6) is -0.469. The minimum absolute atomic E-state index is 0.184. The molecule has 1 unspecified atom stereocenters. The predicted molar refractivity (Wildman–Crippen MR) is 157 cm³/mol. The van der Waals surface area contributed by atoms with E-state index >= 15 is 0 Å². The molecule has 0 radical (unpaired) electrons. The molecule has 5 rings (SSSR count). The summed E-state index contributed by atoms with van der Waals surface area (Å²) in [6.07, 6.45) is 1.70. The maximum atomic E-state index is 13.1. The number of nitrogens with one attached hydrogen (secondary N) is 1. The number of carbonyl (C=O) groups excluding carboxylic acids is 1. The molecule has 1 aliphatic heterocycles. The van der Waals surface area contributed by atoms with Gasteiger partial charge in [-0.1, -0.05) is 48.2 Å². The number of benzene rings is 3. The van der Waals surface area contributed by atoms with Crippen molar-refractivity contribution in [3.8, 4) is 5.69 Å². The predicted octanol–water partition coefficient (Wildman–Crippen LogP) is 4.15. The number of hydrogen-bond acceptors (Lipinski definition) is 8. The Morgan fingerprint density at radius 3 is 2.10 bits per heavy atom. The van der Waals surface area contributed by atoms with Gasteiger partial charge in [0.25, 0.3) is 0 Å². The van der Waals surface area contributed by atoms with Crippen LogP contribution in [0.2, 0.25) is 0 Å². The van der Waals surface area contributed by atoms with Crippen LogP contribution in [0.4, 0.5) is 5.69 Å². The van der Waals surface area contributed by atoms with Gasteiger partial charge in [0.2, 0.25) is 15.9 Å². The Hall–Kier alpha value is -3.52. The smallest absolute Gasteiger partial charge is 0.243 e. The van der Waals surface area contributed by atoms with Gasteiger partial charge < -0.3 is 5.32 Å². The van der Waals surface area contributed by atoms with Gasteiger partial charge in [-0.3, -0.25) is 9.36 Å². The Labute approximate surface area is 243 Å². The van der Waals surface area contributed by atoms with Crippen LogP contribution >= 0.6 is 11.8 Å². The van der Waals surface area contributed by atoms with Crippen molar-refractivity contribution in [2.24, 2.45) is 0 Å². The molecule has 1 saturated heterocycles. The van der Waals surface area contributed by atoms with E-state index in [0.29, 0.717) is 29.6 Å². The van der Waals surface area contributed by atoms with Gasteiger partial charge >= 0.3 is 0 Å². The van der Waals surface area contributed by atoms with E-state index in [0.717, 1.165) is 24.6 Å². The van der Waals surface area contributed by atoms with Gasteiger partial charge in [0, 0.05) is 24.5 Å². The number of sulfone groups is 1. The minimum atomic E-state index is -3.69. The number of anilines is 1. The molecule has 41 heavy (non-hydrogen) atoms. The number of rotatable bonds is 10. The quantitative estimate of drug-likeness (QED) is 0.265. The van der Waals surface area contributed by atoms with Crippen LogP contribution in [0, 0.1) is 0 Å². The normalized spacial score (nSPS) is 15.0. The summed E-state index contributed by atoms with van der Waals surface area (Å²) < 4.78 is 54.9. The molecule has 0 bridgehead atoms. The number of carbonyl (C=O) groups is 1. The number of aromatic nitrogens is 3. The van der Waals surface area contributed by atoms with Crippen molar-refractivity contribution in [3.63, 3.8) is 0 Å². The van der Waals surface area contributed by atoms with Gasteiger partial charge in [-0.05, 0) is 68.3 Å². The summed E-state index contributed by atoms with van der Waals surface area (Å²) >= 11 is 1.14. The van der Waals surface area contributed by atoms with Crippen molar-refractivity contribution in [2.75, 3.05) is 18.4 Å². The average Bonchev–Trinajstić information content (AvgIpc) is 3.65. The second-order valence-corrected chi connectivity index (χ2v) is 14.8. The van der Waals surface area contributed by atoms with E-state index in [4.69, 9.17) is 0 Å². The van der Waals surface area contributed by atoms with Crippen LogP contribution < -0.4 is 5.32 Å². The fourth-order valence-corrected chi connectivity index (χ4v) is 8.10. The van der Waals surface area contributed by atoms with Gasteiger partial charge in [0.15, 0.2) is 20.8 Å². The van der Waals surface area contributed by atoms with E-state index in [1.165, 1.54) is 28.6 Å². The van der Waals surface area contributed by atoms with E-state index in [-0.39, 0.29) is 27.3 Å². The summed E-state index contributed by atoms with van der Waals surface area (Å²) in [6, 6.07) is 23.4. The van der Waals surface area contributed by atoms with E-state index < -0.39 is 25.1 Å². The third-order valence-corrected chi connectivity index (χ3v) is 11.2. The molecule has 1 aromatic heterocycles. The van der Waals surface area contributed by atoms with Crippen LogP contribution in [0.25, 0.3) is 5.69 Å². The molecular weight excluding hydrogens is 583 g/mol. The lowest BCUT2D eigenvalue weighted by molar-refractivity contribution is -0.115. The topological polar surface area (TPSA) is 131 Å². The van der Waals surface area contributed by atoms with E-state index in [2.05, 4.69) is 15.5 Å². The molecule has 214 valence electrons. The standard InChI is InChI=1S/C28H29N5O5S3/c1-21(27(34)29-22-14-16-25(17-15-22)41(37,38)32-18-8-9-19-32)39-28-31-30-26(33(28)23-10-4-2-5-11-23)20-40(35,36)24-12-6-3-7-13-24/h2-7,10-17,21H,8-9,18-20H2,1H3,(H,29,34). The molecule has 1 amide bonds. The summed E-state index contributed by atoms with van der Waals surface area (Å²) in [4.78, 5) is 13.4. The van der Waals surface area contributed by atoms with Crippen LogP contribution in [0.15, 0.2) is 99.9 Å². The summed E-state index contributed by atoms with van der Waals surface area (Å²) in [5.41, 5.74) is 1.13. The summed E-state index contributed by atoms with van der Waals surface area (Å²) in [6.45, 7) is 2.74. The molecule has 0 saturated carbocycles. The first-order valence-corrected chi connectivity index (χ1v) is 17.0. The molecule has 1 aliphatic rings. The van der Waals surface area contributed by atoms with Crippen LogP contribution in [0.3, 0.4) is 0 Å². The van der Waals surface area contributed by atoms with Crippen molar-refractivity contribution >= 4 is 43.2 Å². The maximum absolute atomic E-state index is 13.1. The minimum Gasteiger partial charge on any atom is -0.325 e. The highest BCUT2D eigenvalue weighted by molar-refractivity contribution is 8.00. The molecular formula is C28H29N5O5S3. The molecule has 1 N–H and O–H groups in total. The Kier molecular flexibility index (Phi) is 8.59. The second kappa shape index (κ2) is 12.1. The number of para-hydroxylation sites is 1. The number of nitrogens with zero attached hydrogens (tertiary/aromatic N) is 4. The van der Waals surface area contributed by atoms with Gasteiger partial charge in [-0.25, -0.2) is 16.8 Å². The first-order chi connectivity index (χ1) is 19.6. The van der Waals surface area contributed by atoms with E-state index in [9.17, 15) is 21.6 Å². The Morgan fingerprint density at radius 1 is 0.854 bits per heavy atom. The van der Waals surface area contributed by atoms with Crippen molar-refractivity contribution in [2.45, 2.75) is 45.7 Å². The zero-order chi connectivity index (χ0) is 29.0. The molecule has 1 fully saturated rings. The van der Waals surface area contributed by atoms with E-state index in [1.54, 1.807) is 41.8 Å². The third kappa shape index (κ3) is 6.53. The molecule has 0 aliphatic carbocycles. The molecule has 10 nitrogen and oxygen atoms in total. The van der Waals surface area contributed by atoms with Crippen molar-refractivity contribution < 1.29 is 21.6 Å². The molecule has 2 heterocycles. The fraction of sp³-hybridized carbons (Fsp3) is 0.250. The summed E-state index contributed by atoms with van der Waals surface area (Å²) in [7, 11) is -7.24. The van der Waals surface area contributed by atoms with Crippen molar-refractivity contribution in [1.82, 2.24) is 19.1 Å². The highest BCUT2D eigenvalue weighted by Gasteiger charge is 2.28. The highest BCUT2D eigenvalue weighted by Crippen LogP contribution is 2.29. The zero-order valence-electron chi connectivity index (χ0n) is 22.3. The zero-order valence-corrected chi connectivity index (χ0v) is 24.7.